The minimum Gasteiger partial charge on any atom is -0.352 e. The maximum Gasteiger partial charge on any atom is 0.337 e. The van der Waals surface area contributed by atoms with Gasteiger partial charge in [0.15, 0.2) is 0 Å². The third kappa shape index (κ3) is 4.72. The summed E-state index contributed by atoms with van der Waals surface area (Å²) in [6.45, 7) is 0.836. The number of pyridine rings is 1. The van der Waals surface area contributed by atoms with Crippen LogP contribution in [0.4, 0.5) is 15.8 Å². The maximum absolute atomic E-state index is 14.8. The van der Waals surface area contributed by atoms with Crippen LogP contribution >= 0.6 is 0 Å². The number of benzene rings is 2. The zero-order chi connectivity index (χ0) is 29.1. The first kappa shape index (κ1) is 27.2. The molecule has 6 rings (SSSR count). The van der Waals surface area contributed by atoms with E-state index in [9.17, 15) is 27.2 Å². The van der Waals surface area contributed by atoms with Crippen molar-refractivity contribution in [3.05, 3.63) is 85.5 Å². The quantitative estimate of drug-likeness (QED) is 0.348. The van der Waals surface area contributed by atoms with E-state index in [1.54, 1.807) is 26.0 Å². The molecule has 2 aliphatic rings. The molecule has 2 fully saturated rings. The molecule has 1 N–H and O–H groups in total. The Morgan fingerprint density at radius 2 is 1.68 bits per heavy atom. The number of nitrogens with one attached hydrogen (secondary N) is 1. The van der Waals surface area contributed by atoms with Gasteiger partial charge < -0.3 is 5.32 Å². The summed E-state index contributed by atoms with van der Waals surface area (Å²) in [6, 6.07) is 11.4. The van der Waals surface area contributed by atoms with Gasteiger partial charge in [-0.3, -0.25) is 18.7 Å². The number of sulfonamides is 1. The van der Waals surface area contributed by atoms with E-state index >= 15 is 0 Å². The van der Waals surface area contributed by atoms with Crippen LogP contribution in [-0.2, 0) is 17.1 Å². The third-order valence-corrected chi connectivity index (χ3v) is 9.68. The Hall–Kier alpha value is -3.97. The molecule has 3 heterocycles. The van der Waals surface area contributed by atoms with Gasteiger partial charge in [0.25, 0.3) is 11.1 Å². The standard InChI is InChI=1S/C28H29BFN5O5S/c1-32-24(36)16-23(31-22-11-8-17(29)14-21(22)30)25-26(32)34(28(38)35(27(25)37)18-9-10-18)19-6-5-7-20(15-19)41(39,40)33-12-3-2-4-13-33/h5-8,11,14-16,18,31H,2-4,9-10,12-13,29H2,1H3. The highest BCUT2D eigenvalue weighted by molar-refractivity contribution is 7.89. The number of fused-ring (bicyclic) bond motifs is 1. The molecule has 4 aromatic rings. The zero-order valence-electron chi connectivity index (χ0n) is 22.8. The van der Waals surface area contributed by atoms with E-state index in [2.05, 4.69) is 5.32 Å². The highest BCUT2D eigenvalue weighted by atomic mass is 32.2. The smallest absolute Gasteiger partial charge is 0.337 e. The van der Waals surface area contributed by atoms with Crippen LogP contribution in [0.5, 0.6) is 0 Å². The molecule has 41 heavy (non-hydrogen) atoms. The van der Waals surface area contributed by atoms with Crippen molar-refractivity contribution in [3.8, 4) is 5.69 Å². The van der Waals surface area contributed by atoms with Crippen molar-refractivity contribution in [3.63, 3.8) is 0 Å². The van der Waals surface area contributed by atoms with Crippen molar-refractivity contribution in [2.24, 2.45) is 7.05 Å². The van der Waals surface area contributed by atoms with Gasteiger partial charge in [0.2, 0.25) is 10.0 Å². The molecule has 13 heteroatoms. The van der Waals surface area contributed by atoms with Gasteiger partial charge in [-0.2, -0.15) is 4.31 Å². The number of aryl methyl sites for hydroxylation is 1. The predicted octanol–water partition coefficient (Wildman–Crippen LogP) is 1.50. The second-order valence-corrected chi connectivity index (χ2v) is 12.7. The lowest BCUT2D eigenvalue weighted by molar-refractivity contribution is 0.346. The maximum atomic E-state index is 14.8. The van der Waals surface area contributed by atoms with Crippen LogP contribution in [0, 0.1) is 5.82 Å². The van der Waals surface area contributed by atoms with E-state index in [0.29, 0.717) is 31.4 Å². The van der Waals surface area contributed by atoms with Crippen LogP contribution in [-0.4, -0.2) is 47.4 Å². The van der Waals surface area contributed by atoms with E-state index < -0.39 is 32.6 Å². The summed E-state index contributed by atoms with van der Waals surface area (Å²) in [4.78, 5) is 41.0. The van der Waals surface area contributed by atoms with E-state index in [4.69, 9.17) is 0 Å². The van der Waals surface area contributed by atoms with Crippen LogP contribution < -0.4 is 27.6 Å². The average molecular weight is 577 g/mol. The topological polar surface area (TPSA) is 115 Å². The summed E-state index contributed by atoms with van der Waals surface area (Å²) in [5, 5.41) is 2.91. The Balaban J connectivity index is 1.63. The first-order chi connectivity index (χ1) is 19.6. The summed E-state index contributed by atoms with van der Waals surface area (Å²) < 4.78 is 46.7. The van der Waals surface area contributed by atoms with Gasteiger partial charge in [-0.15, -0.1) is 0 Å². The fourth-order valence-corrected chi connectivity index (χ4v) is 7.01. The van der Waals surface area contributed by atoms with Crippen molar-refractivity contribution in [2.75, 3.05) is 18.4 Å². The summed E-state index contributed by atoms with van der Waals surface area (Å²) in [7, 11) is -0.650. The average Bonchev–Trinajstić information content (AvgIpc) is 3.78. The van der Waals surface area contributed by atoms with Gasteiger partial charge in [-0.25, -0.2) is 22.2 Å². The number of aromatic nitrogens is 3. The summed E-state index contributed by atoms with van der Waals surface area (Å²) in [5.74, 6) is -0.565. The van der Waals surface area contributed by atoms with Crippen molar-refractivity contribution in [1.29, 1.82) is 0 Å². The molecule has 0 spiro atoms. The van der Waals surface area contributed by atoms with E-state index in [1.807, 2.05) is 0 Å². The SMILES string of the molecule is Bc1ccc(Nc2cc(=O)n(C)c3c2c(=O)n(C2CC2)c(=O)n3-c2cccc(S(=O)(=O)N3CCCCC3)c2)c(F)c1. The van der Waals surface area contributed by atoms with Gasteiger partial charge in [-0.1, -0.05) is 24.0 Å². The lowest BCUT2D eigenvalue weighted by Gasteiger charge is -2.26. The molecule has 0 amide bonds. The molecule has 0 bridgehead atoms. The van der Waals surface area contributed by atoms with Crippen LogP contribution in [0.25, 0.3) is 16.7 Å². The summed E-state index contributed by atoms with van der Waals surface area (Å²) in [5.41, 5.74) is -0.829. The molecular formula is C28H29BFN5O5S. The lowest BCUT2D eigenvalue weighted by atomic mass is 9.96. The zero-order valence-corrected chi connectivity index (χ0v) is 23.6. The summed E-state index contributed by atoms with van der Waals surface area (Å²) in [6.07, 6.45) is 3.77. The van der Waals surface area contributed by atoms with Gasteiger partial charge in [0.05, 0.1) is 22.0 Å². The number of rotatable bonds is 6. The first-order valence-electron chi connectivity index (χ1n) is 13.6. The number of piperidine rings is 1. The normalized spacial score (nSPS) is 16.2. The minimum atomic E-state index is -3.83. The molecule has 1 aliphatic heterocycles. The number of hydrogen-bond acceptors (Lipinski definition) is 6. The Bertz CT molecular complexity index is 1990. The monoisotopic (exact) mass is 577 g/mol. The van der Waals surface area contributed by atoms with Gasteiger partial charge in [0.1, 0.15) is 24.7 Å². The number of halogens is 1. The third-order valence-electron chi connectivity index (χ3n) is 7.79. The molecular weight excluding hydrogens is 548 g/mol. The van der Waals surface area contributed by atoms with E-state index in [1.165, 1.54) is 50.8 Å². The van der Waals surface area contributed by atoms with E-state index in [-0.39, 0.29) is 39.0 Å². The molecule has 10 nitrogen and oxygen atoms in total. The fraction of sp³-hybridized carbons (Fsp3) is 0.321. The van der Waals surface area contributed by atoms with Gasteiger partial charge in [0, 0.05) is 32.2 Å². The lowest BCUT2D eigenvalue weighted by Crippen LogP contribution is -2.41. The van der Waals surface area contributed by atoms with Crippen LogP contribution in [0.1, 0.15) is 38.1 Å². The summed E-state index contributed by atoms with van der Waals surface area (Å²) >= 11 is 0. The molecule has 0 unspecified atom stereocenters. The minimum absolute atomic E-state index is 0.0159. The number of hydrogen-bond donors (Lipinski definition) is 1. The second kappa shape index (κ2) is 10.1. The van der Waals surface area contributed by atoms with Gasteiger partial charge in [-0.05, 0) is 56.0 Å². The predicted molar refractivity (Wildman–Crippen MR) is 158 cm³/mol. The molecule has 212 valence electrons. The Kier molecular flexibility index (Phi) is 6.73. The van der Waals surface area contributed by atoms with Crippen molar-refractivity contribution in [1.82, 2.24) is 18.0 Å². The highest BCUT2D eigenvalue weighted by Gasteiger charge is 2.32. The number of anilines is 2. The molecule has 1 saturated carbocycles. The molecule has 1 aliphatic carbocycles. The molecule has 0 atom stereocenters. The Morgan fingerprint density at radius 1 is 0.951 bits per heavy atom. The first-order valence-corrected chi connectivity index (χ1v) is 15.1. The van der Waals surface area contributed by atoms with Crippen molar-refractivity contribution in [2.45, 2.75) is 43.0 Å². The van der Waals surface area contributed by atoms with Crippen LogP contribution in [0.15, 0.2) is 67.8 Å². The van der Waals surface area contributed by atoms with Crippen LogP contribution in [0.3, 0.4) is 0 Å². The highest BCUT2D eigenvalue weighted by Crippen LogP contribution is 2.34. The van der Waals surface area contributed by atoms with Crippen molar-refractivity contribution < 1.29 is 12.8 Å². The van der Waals surface area contributed by atoms with Crippen LogP contribution in [0.2, 0.25) is 0 Å². The van der Waals surface area contributed by atoms with E-state index in [0.717, 1.165) is 23.8 Å². The largest absolute Gasteiger partial charge is 0.352 e. The van der Waals surface area contributed by atoms with Gasteiger partial charge >= 0.3 is 5.69 Å². The molecule has 1 saturated heterocycles. The Morgan fingerprint density at radius 3 is 2.37 bits per heavy atom. The Labute approximate surface area is 236 Å². The molecule has 2 aromatic heterocycles. The number of nitrogens with zero attached hydrogens (tertiary/aromatic N) is 4. The molecule has 0 radical (unpaired) electrons. The van der Waals surface area contributed by atoms with Crippen molar-refractivity contribution >= 4 is 45.7 Å². The molecule has 2 aromatic carbocycles. The fourth-order valence-electron chi connectivity index (χ4n) is 5.45. The second-order valence-electron chi connectivity index (χ2n) is 10.7.